The van der Waals surface area contributed by atoms with Crippen LogP contribution in [0.15, 0.2) is 18.2 Å². The maximum Gasteiger partial charge on any atom is 0.254 e. The van der Waals surface area contributed by atoms with Crippen LogP contribution in [0.5, 0.6) is 0 Å². The molecule has 2 rings (SSSR count). The summed E-state index contributed by atoms with van der Waals surface area (Å²) >= 11 is 0. The van der Waals surface area contributed by atoms with Gasteiger partial charge in [0.15, 0.2) is 0 Å². The smallest absolute Gasteiger partial charge is 0.254 e. The molecule has 0 radical (unpaired) electrons. The normalized spacial score (nSPS) is 15.5. The van der Waals surface area contributed by atoms with E-state index < -0.39 is 5.82 Å². The molecule has 0 bridgehead atoms. The van der Waals surface area contributed by atoms with Gasteiger partial charge >= 0.3 is 0 Å². The lowest BCUT2D eigenvalue weighted by molar-refractivity contribution is 0.0943. The molecule has 0 unspecified atom stereocenters. The maximum atomic E-state index is 13.8. The van der Waals surface area contributed by atoms with Crippen molar-refractivity contribution in [2.24, 2.45) is 0 Å². The molecular weight excluding hydrogens is 281 g/mol. The summed E-state index contributed by atoms with van der Waals surface area (Å²) in [5.41, 5.74) is 0.620. The molecule has 0 spiro atoms. The third kappa shape index (κ3) is 4.44. The predicted octanol–water partition coefficient (Wildman–Crippen LogP) is 1.19. The van der Waals surface area contributed by atoms with E-state index in [0.717, 1.165) is 32.7 Å². The average molecular weight is 302 g/mol. The highest BCUT2D eigenvalue weighted by Crippen LogP contribution is 2.11. The highest BCUT2D eigenvalue weighted by Gasteiger charge is 2.13. The summed E-state index contributed by atoms with van der Waals surface area (Å²) in [7, 11) is 0. The molecule has 1 amide bonds. The van der Waals surface area contributed by atoms with Gasteiger partial charge in [-0.2, -0.15) is 0 Å². The number of piperazine rings is 1. The molecule has 1 saturated heterocycles. The van der Waals surface area contributed by atoms with Crippen molar-refractivity contribution < 1.29 is 9.18 Å². The number of carbonyl (C=O) groups excluding carboxylic acids is 1. The van der Waals surface area contributed by atoms with E-state index in [1.807, 2.05) is 0 Å². The minimum Gasteiger partial charge on any atom is -0.351 e. The lowest BCUT2D eigenvalue weighted by Crippen LogP contribution is -2.46. The number of benzene rings is 1. The van der Waals surface area contributed by atoms with Gasteiger partial charge in [0.1, 0.15) is 5.82 Å². The topological polar surface area (TPSA) is 44.4 Å². The molecule has 6 heteroatoms. The molecule has 0 aliphatic carbocycles. The summed E-state index contributed by atoms with van der Waals surface area (Å²) in [5, 5.41) is 6.05. The van der Waals surface area contributed by atoms with Gasteiger partial charge in [0, 0.05) is 39.3 Å². The number of aryl methyl sites for hydroxylation is 1. The van der Waals surface area contributed by atoms with Crippen LogP contribution in [-0.2, 0) is 0 Å². The third-order valence-corrected chi connectivity index (χ3v) is 3.36. The fraction of sp³-hybridized carbons (Fsp3) is 0.500. The van der Waals surface area contributed by atoms with Crippen molar-refractivity contribution in [2.75, 3.05) is 39.3 Å². The zero-order valence-corrected chi connectivity index (χ0v) is 12.4. The van der Waals surface area contributed by atoms with E-state index in [1.165, 1.54) is 6.07 Å². The zero-order chi connectivity index (χ0) is 13.7. The molecule has 0 aromatic heterocycles. The minimum atomic E-state index is -0.429. The monoisotopic (exact) mass is 301 g/mol. The van der Waals surface area contributed by atoms with Crippen LogP contribution in [0, 0.1) is 12.7 Å². The van der Waals surface area contributed by atoms with Gasteiger partial charge in [-0.25, -0.2) is 4.39 Å². The number of halogens is 2. The van der Waals surface area contributed by atoms with Crippen molar-refractivity contribution in [1.29, 1.82) is 0 Å². The largest absolute Gasteiger partial charge is 0.351 e. The first kappa shape index (κ1) is 16.9. The van der Waals surface area contributed by atoms with Crippen molar-refractivity contribution in [1.82, 2.24) is 15.5 Å². The van der Waals surface area contributed by atoms with Crippen molar-refractivity contribution in [3.8, 4) is 0 Å². The summed E-state index contributed by atoms with van der Waals surface area (Å²) < 4.78 is 13.8. The molecule has 1 aliphatic heterocycles. The van der Waals surface area contributed by atoms with E-state index in [2.05, 4.69) is 15.5 Å². The number of carbonyl (C=O) groups is 1. The summed E-state index contributed by atoms with van der Waals surface area (Å²) in [6.45, 7) is 6.98. The average Bonchev–Trinajstić information content (AvgIpc) is 2.43. The molecule has 20 heavy (non-hydrogen) atoms. The Morgan fingerprint density at radius 2 is 2.10 bits per heavy atom. The van der Waals surface area contributed by atoms with Crippen molar-refractivity contribution in [3.63, 3.8) is 0 Å². The Morgan fingerprint density at radius 1 is 1.40 bits per heavy atom. The van der Waals surface area contributed by atoms with Crippen LogP contribution >= 0.6 is 12.4 Å². The van der Waals surface area contributed by atoms with E-state index in [-0.39, 0.29) is 23.9 Å². The first-order chi connectivity index (χ1) is 9.18. The third-order valence-electron chi connectivity index (χ3n) is 3.36. The van der Waals surface area contributed by atoms with Gasteiger partial charge < -0.3 is 10.6 Å². The zero-order valence-electron chi connectivity index (χ0n) is 11.6. The van der Waals surface area contributed by atoms with E-state index in [0.29, 0.717) is 12.1 Å². The standard InChI is InChI=1S/C14H20FN3O.ClH/c1-11-3-2-4-12(13(11)15)14(19)17-7-10-18-8-5-16-6-9-18;/h2-4,16H,5-10H2,1H3,(H,17,19);1H. The van der Waals surface area contributed by atoms with Gasteiger partial charge in [-0.3, -0.25) is 9.69 Å². The first-order valence-electron chi connectivity index (χ1n) is 6.65. The Morgan fingerprint density at radius 3 is 2.80 bits per heavy atom. The van der Waals surface area contributed by atoms with E-state index in [1.54, 1.807) is 19.1 Å². The molecule has 1 fully saturated rings. The molecule has 1 aromatic carbocycles. The van der Waals surface area contributed by atoms with E-state index in [4.69, 9.17) is 0 Å². The van der Waals surface area contributed by atoms with E-state index in [9.17, 15) is 9.18 Å². The fourth-order valence-electron chi connectivity index (χ4n) is 2.18. The predicted molar refractivity (Wildman–Crippen MR) is 80.0 cm³/mol. The number of hydrogen-bond donors (Lipinski definition) is 2. The summed E-state index contributed by atoms with van der Waals surface area (Å²) in [4.78, 5) is 14.2. The van der Waals surface area contributed by atoms with Gasteiger partial charge in [-0.1, -0.05) is 12.1 Å². The van der Waals surface area contributed by atoms with Crippen LogP contribution in [-0.4, -0.2) is 50.1 Å². The highest BCUT2D eigenvalue weighted by molar-refractivity contribution is 5.94. The maximum absolute atomic E-state index is 13.8. The van der Waals surface area contributed by atoms with Crippen molar-refractivity contribution in [3.05, 3.63) is 35.1 Å². The summed E-state index contributed by atoms with van der Waals surface area (Å²) in [6, 6.07) is 4.87. The van der Waals surface area contributed by atoms with Crippen LogP contribution < -0.4 is 10.6 Å². The Balaban J connectivity index is 0.00000200. The quantitative estimate of drug-likeness (QED) is 0.878. The minimum absolute atomic E-state index is 0. The Kier molecular flexibility index (Phi) is 6.91. The number of hydrogen-bond acceptors (Lipinski definition) is 3. The molecule has 4 nitrogen and oxygen atoms in total. The molecule has 112 valence electrons. The van der Waals surface area contributed by atoms with Gasteiger partial charge in [-0.05, 0) is 18.6 Å². The first-order valence-corrected chi connectivity index (χ1v) is 6.65. The SMILES string of the molecule is Cc1cccc(C(=O)NCCN2CCNCC2)c1F.Cl. The Bertz CT molecular complexity index is 450. The van der Waals surface area contributed by atoms with Crippen molar-refractivity contribution in [2.45, 2.75) is 6.92 Å². The number of rotatable bonds is 4. The second kappa shape index (κ2) is 8.19. The Labute approximate surface area is 125 Å². The summed E-state index contributed by atoms with van der Waals surface area (Å²) in [6.07, 6.45) is 0. The van der Waals surface area contributed by atoms with Crippen LogP contribution in [0.2, 0.25) is 0 Å². The second-order valence-corrected chi connectivity index (χ2v) is 4.78. The van der Waals surface area contributed by atoms with Crippen molar-refractivity contribution >= 4 is 18.3 Å². The molecular formula is C14H21ClFN3O. The van der Waals surface area contributed by atoms with Crippen LogP contribution in [0.4, 0.5) is 4.39 Å². The van der Waals surface area contributed by atoms with Crippen LogP contribution in [0.25, 0.3) is 0 Å². The lowest BCUT2D eigenvalue weighted by atomic mass is 10.1. The lowest BCUT2D eigenvalue weighted by Gasteiger charge is -2.27. The molecule has 0 atom stereocenters. The number of nitrogens with one attached hydrogen (secondary N) is 2. The fourth-order valence-corrected chi connectivity index (χ4v) is 2.18. The number of amides is 1. The van der Waals surface area contributed by atoms with Crippen LogP contribution in [0.1, 0.15) is 15.9 Å². The second-order valence-electron chi connectivity index (χ2n) is 4.78. The highest BCUT2D eigenvalue weighted by atomic mass is 35.5. The molecule has 1 aliphatic rings. The van der Waals surface area contributed by atoms with Gasteiger partial charge in [0.25, 0.3) is 5.91 Å². The van der Waals surface area contributed by atoms with Gasteiger partial charge in [-0.15, -0.1) is 12.4 Å². The van der Waals surface area contributed by atoms with Gasteiger partial charge in [0.2, 0.25) is 0 Å². The Hall–Kier alpha value is -1.17. The van der Waals surface area contributed by atoms with Gasteiger partial charge in [0.05, 0.1) is 5.56 Å². The molecule has 1 aromatic rings. The molecule has 2 N–H and O–H groups in total. The molecule has 1 heterocycles. The molecule has 0 saturated carbocycles. The van der Waals surface area contributed by atoms with Crippen LogP contribution in [0.3, 0.4) is 0 Å². The van der Waals surface area contributed by atoms with E-state index >= 15 is 0 Å². The summed E-state index contributed by atoms with van der Waals surface area (Å²) in [5.74, 6) is -0.765. The number of nitrogens with zero attached hydrogens (tertiary/aromatic N) is 1.